The van der Waals surface area contributed by atoms with E-state index in [9.17, 15) is 0 Å². The largest absolute Gasteiger partial charge is 4.00 e. The van der Waals surface area contributed by atoms with E-state index >= 15 is 0 Å². The molecule has 0 spiro atoms. The fraction of sp³-hybridized carbons (Fsp3) is 0.333. The van der Waals surface area contributed by atoms with Crippen LogP contribution in [0.3, 0.4) is 0 Å². The summed E-state index contributed by atoms with van der Waals surface area (Å²) in [6.45, 7) is 27.5. The Kier molecular flexibility index (Phi) is 38.6. The van der Waals surface area contributed by atoms with Crippen molar-refractivity contribution in [1.82, 2.24) is 125 Å². The molecule has 32 nitrogen and oxygen atoms in total. The van der Waals surface area contributed by atoms with Gasteiger partial charge in [-0.25, -0.2) is 27.4 Å². The first-order valence-corrected chi connectivity index (χ1v) is 47.2. The van der Waals surface area contributed by atoms with Gasteiger partial charge < -0.3 is 98.0 Å². The second kappa shape index (κ2) is 46.8. The van der Waals surface area contributed by atoms with Crippen LogP contribution in [0.4, 0.5) is 0 Å². The number of imidazole rings is 6. The number of hydrogen-bond acceptors (Lipinski definition) is 20. The van der Waals surface area contributed by atoms with Crippen LogP contribution in [-0.4, -0.2) is 229 Å². The van der Waals surface area contributed by atoms with Crippen molar-refractivity contribution in [3.63, 3.8) is 0 Å². The number of aromatic nitrogens is 12. The number of hydrogen-bond donors (Lipinski definition) is 0. The Hall–Kier alpha value is -7.82. The Morgan fingerprint density at radius 1 is 0.211 bits per heavy atom. The summed E-state index contributed by atoms with van der Waals surface area (Å²) in [7, 11) is 32.3. The Balaban J connectivity index is 0.000000193. The molecular weight excluding hydrogens is 2150 g/mol. The molecule has 0 N–H and O–H groups in total. The summed E-state index contributed by atoms with van der Waals surface area (Å²) in [4.78, 5) is 41.6. The molecule has 0 atom stereocenters. The molecular formula is C72H112I2N32Pt3+6. The van der Waals surface area contributed by atoms with Crippen molar-refractivity contribution in [3.05, 3.63) is 303 Å². The molecule has 6 aromatic rings. The van der Waals surface area contributed by atoms with Crippen molar-refractivity contribution in [1.29, 1.82) is 0 Å². The van der Waals surface area contributed by atoms with Crippen LogP contribution in [0.15, 0.2) is 236 Å². The predicted molar refractivity (Wildman–Crippen MR) is 423 cm³/mol. The zero-order chi connectivity index (χ0) is 76.8. The predicted octanol–water partition coefficient (Wildman–Crippen LogP) is 3.20. The van der Waals surface area contributed by atoms with Crippen LogP contribution >= 0.6 is 38.7 Å². The minimum Gasteiger partial charge on any atom is 4.00 e. The van der Waals surface area contributed by atoms with Gasteiger partial charge in [0.05, 0.1) is 42.3 Å². The molecule has 0 fully saturated rings. The molecule has 0 radical (unpaired) electrons. The van der Waals surface area contributed by atoms with Crippen LogP contribution in [-0.2, 0) is 116 Å². The van der Waals surface area contributed by atoms with Crippen LogP contribution in [0, 0.1) is 66.7 Å². The third kappa shape index (κ3) is 34.1. The smallest absolute Gasteiger partial charge is 4.00 e. The van der Waals surface area contributed by atoms with Crippen molar-refractivity contribution >= 4 is 38.7 Å². The molecule has 37 heteroatoms. The van der Waals surface area contributed by atoms with Crippen LogP contribution in [0.5, 0.6) is 0 Å². The maximum Gasteiger partial charge on any atom is 4.00 e. The van der Waals surface area contributed by atoms with Gasteiger partial charge in [0.15, 0.2) is 0 Å². The van der Waals surface area contributed by atoms with Crippen molar-refractivity contribution in [2.24, 2.45) is 42.3 Å². The van der Waals surface area contributed by atoms with Crippen LogP contribution in [0.25, 0.3) is 0 Å². The van der Waals surface area contributed by atoms with Crippen molar-refractivity contribution < 1.29 is 80.7 Å². The first-order valence-electron chi connectivity index (χ1n) is 34.3. The van der Waals surface area contributed by atoms with E-state index in [1.165, 1.54) is 0 Å². The Labute approximate surface area is 707 Å². The monoisotopic (exact) mass is 2260 g/mol. The molecule has 0 saturated heterocycles. The molecule has 109 heavy (non-hydrogen) atoms. The fourth-order valence-corrected chi connectivity index (χ4v) is 10.9. The quantitative estimate of drug-likeness (QED) is 0.0802. The van der Waals surface area contributed by atoms with E-state index in [1.807, 2.05) is 288 Å². The summed E-state index contributed by atoms with van der Waals surface area (Å²) in [5, 5.41) is 0. The van der Waals surface area contributed by atoms with Gasteiger partial charge in [0.2, 0.25) is 58.0 Å². The summed E-state index contributed by atoms with van der Waals surface area (Å²) in [5.74, 6) is 0. The topological polar surface area (TPSA) is 118 Å². The van der Waals surface area contributed by atoms with Gasteiger partial charge in [-0.15, -0.1) is 0 Å². The van der Waals surface area contributed by atoms with Gasteiger partial charge in [0.25, 0.3) is 0 Å². The molecule has 0 aliphatic carbocycles. The fourth-order valence-electron chi connectivity index (χ4n) is 10.9. The molecule has 0 aromatic carbocycles. The Morgan fingerprint density at radius 2 is 0.321 bits per heavy atom. The number of nitrogens with zero attached hydrogens (tertiary/aromatic N) is 32. The number of rotatable bonds is 16. The summed E-state index contributed by atoms with van der Waals surface area (Å²) < 4.78 is 24.9. The number of aryl methyl sites for hydroxylation is 6. The molecule has 10 aliphatic heterocycles. The molecule has 0 saturated carbocycles. The first-order chi connectivity index (χ1) is 51.3. The van der Waals surface area contributed by atoms with E-state index in [1.54, 1.807) is 0 Å². The SMILES string of the molecule is CN1C=CN(CN2C=CN(C)[CH-]2)[CH-]1.CN1C=CN(CN2C=CN(C)[CH-]2)[CH-]1.CN1C=CN(CN2C=CN(C)[CH-]2)[CH-]1.CN1C=CN(CN2C=CN(C)[CH-]2)[CH-]1.CN1C=CN(CN2C=CN(C)[CH-]2)[CH-]1.C[n+]1ccn(Cn2cc[n+](C)c2)c1.C[n+]1ccn(Cn2cc[n+](C)c2)c1.C[n+]1ccn(Cn2cc[n+](C)c2)c1.[I][Pt+2][I].[Pt+4].[Pt+4]. The molecule has 0 bridgehead atoms. The van der Waals surface area contributed by atoms with Gasteiger partial charge in [-0.1, -0.05) is 0 Å². The van der Waals surface area contributed by atoms with E-state index in [-0.39, 0.29) is 42.1 Å². The van der Waals surface area contributed by atoms with E-state index < -0.39 is 0 Å². The summed E-state index contributed by atoms with van der Waals surface area (Å²) in [6, 6.07) is 0. The minimum absolute atomic E-state index is 0. The Bertz CT molecular complexity index is 3160. The van der Waals surface area contributed by atoms with E-state index in [4.69, 9.17) is 0 Å². The number of halogens is 2. The summed E-state index contributed by atoms with van der Waals surface area (Å²) in [5.41, 5.74) is 0. The molecule has 0 unspecified atom stereocenters. The van der Waals surface area contributed by atoms with Crippen molar-refractivity contribution in [2.45, 2.75) is 20.0 Å². The van der Waals surface area contributed by atoms with Crippen LogP contribution in [0.2, 0.25) is 0 Å². The zero-order valence-corrected chi connectivity index (χ0v) is 76.5. The Morgan fingerprint density at radius 3 is 0.394 bits per heavy atom. The van der Waals surface area contributed by atoms with Gasteiger partial charge in [-0.05, 0) is 194 Å². The molecule has 10 aliphatic rings. The van der Waals surface area contributed by atoms with Crippen molar-refractivity contribution in [2.75, 3.05) is 104 Å². The van der Waals surface area contributed by atoms with E-state index in [0.29, 0.717) is 11.2 Å². The van der Waals surface area contributed by atoms with Gasteiger partial charge >= 0.3 is 92.0 Å². The summed E-state index contributed by atoms with van der Waals surface area (Å²) in [6.07, 6.45) is 77.7. The zero-order valence-electron chi connectivity index (χ0n) is 65.4. The molecule has 598 valence electrons. The van der Waals surface area contributed by atoms with E-state index in [2.05, 4.69) is 319 Å². The van der Waals surface area contributed by atoms with Gasteiger partial charge in [0.1, 0.15) is 74.4 Å². The maximum atomic E-state index is 2.39. The molecule has 6 aromatic heterocycles. The van der Waals surface area contributed by atoms with Gasteiger partial charge in [0, 0.05) is 33.3 Å². The standard InChI is InChI=1S/8C9H14N4.2HI.3Pt/c8*1-10-3-5-12(7-10)9-13-6-4-11(2)8-13;;;;;/h8*3-8H,9H2,1-2H3;2*1H;;;/q5*-2;3*+2;;;3*+4/p-2. The van der Waals surface area contributed by atoms with Crippen molar-refractivity contribution in [3.8, 4) is 0 Å². The van der Waals surface area contributed by atoms with Crippen LogP contribution < -0.4 is 27.4 Å². The normalized spacial score (nSPS) is 16.6. The molecule has 16 rings (SSSR count). The van der Waals surface area contributed by atoms with Gasteiger partial charge in [-0.3, -0.25) is 0 Å². The average Bonchev–Trinajstić information content (AvgIpc) is 1.80. The molecule has 16 heterocycles. The minimum atomic E-state index is 0. The van der Waals surface area contributed by atoms with Crippen LogP contribution in [0.1, 0.15) is 0 Å². The second-order valence-corrected chi connectivity index (χ2v) is 43.3. The third-order valence-electron chi connectivity index (χ3n) is 15.8. The van der Waals surface area contributed by atoms with E-state index in [0.717, 1.165) is 53.3 Å². The first kappa shape index (κ1) is 90.1. The average molecular weight is 2260 g/mol. The maximum absolute atomic E-state index is 2.39. The third-order valence-corrected chi connectivity index (χ3v) is 15.8. The second-order valence-electron chi connectivity index (χ2n) is 26.7. The summed E-state index contributed by atoms with van der Waals surface area (Å²) >= 11 is 5.30. The van der Waals surface area contributed by atoms with Gasteiger partial charge in [-0.2, -0.15) is 94.1 Å². The molecule has 0 amide bonds.